The fourth-order valence-electron chi connectivity index (χ4n) is 2.04. The Balaban J connectivity index is 2.08. The van der Waals surface area contributed by atoms with Gasteiger partial charge in [0.2, 0.25) is 0 Å². The van der Waals surface area contributed by atoms with Gasteiger partial charge in [0.25, 0.3) is 0 Å². The summed E-state index contributed by atoms with van der Waals surface area (Å²) in [5.41, 5.74) is 0.966. The largest absolute Gasteiger partial charge is 0.490 e. The zero-order valence-electron chi connectivity index (χ0n) is 13.1. The molecule has 1 aromatic carbocycles. The molecule has 22 heavy (non-hydrogen) atoms. The Morgan fingerprint density at radius 1 is 1.27 bits per heavy atom. The summed E-state index contributed by atoms with van der Waals surface area (Å²) in [6, 6.07) is 3.75. The van der Waals surface area contributed by atoms with Gasteiger partial charge in [-0.25, -0.2) is 4.98 Å². The number of rotatable bonds is 8. The summed E-state index contributed by atoms with van der Waals surface area (Å²) in [6.45, 7) is 7.75. The highest BCUT2D eigenvalue weighted by Gasteiger charge is 2.12. The van der Waals surface area contributed by atoms with E-state index in [2.05, 4.69) is 15.3 Å². The fourth-order valence-corrected chi connectivity index (χ4v) is 2.26. The van der Waals surface area contributed by atoms with Gasteiger partial charge in [0.15, 0.2) is 11.5 Å². The summed E-state index contributed by atoms with van der Waals surface area (Å²) in [4.78, 5) is 7.22. The van der Waals surface area contributed by atoms with Gasteiger partial charge in [-0.05, 0) is 32.4 Å². The predicted octanol–water partition coefficient (Wildman–Crippen LogP) is 3.54. The molecule has 0 atom stereocenters. The standard InChI is InChI=1S/C16H22ClN3O2/c1-4-21-14-7-12(9-18-10-16-19-5-6-20-16)13(17)8-15(14)22-11(2)3/h5-8,11,18H,4,9-10H2,1-3H3,(H,19,20). The van der Waals surface area contributed by atoms with Gasteiger partial charge >= 0.3 is 0 Å². The van der Waals surface area contributed by atoms with Crippen molar-refractivity contribution in [3.63, 3.8) is 0 Å². The Kier molecular flexibility index (Phi) is 6.10. The molecule has 0 unspecified atom stereocenters. The maximum Gasteiger partial charge on any atom is 0.163 e. The molecule has 0 bridgehead atoms. The van der Waals surface area contributed by atoms with Crippen LogP contribution >= 0.6 is 11.6 Å². The molecule has 1 aromatic heterocycles. The molecule has 2 aromatic rings. The number of nitrogens with zero attached hydrogens (tertiary/aromatic N) is 1. The molecule has 0 radical (unpaired) electrons. The molecular formula is C16H22ClN3O2. The van der Waals surface area contributed by atoms with Crippen LogP contribution in [0, 0.1) is 0 Å². The highest BCUT2D eigenvalue weighted by Crippen LogP contribution is 2.34. The van der Waals surface area contributed by atoms with E-state index in [1.807, 2.05) is 32.9 Å². The van der Waals surface area contributed by atoms with Gasteiger partial charge in [-0.3, -0.25) is 0 Å². The van der Waals surface area contributed by atoms with Gasteiger partial charge in [0, 0.05) is 30.0 Å². The van der Waals surface area contributed by atoms with Crippen LogP contribution in [0.5, 0.6) is 11.5 Å². The number of aromatic nitrogens is 2. The number of benzene rings is 1. The van der Waals surface area contributed by atoms with Crippen molar-refractivity contribution in [2.45, 2.75) is 40.0 Å². The smallest absolute Gasteiger partial charge is 0.163 e. The van der Waals surface area contributed by atoms with E-state index >= 15 is 0 Å². The monoisotopic (exact) mass is 323 g/mol. The number of nitrogens with one attached hydrogen (secondary N) is 2. The summed E-state index contributed by atoms with van der Waals surface area (Å²) in [5, 5.41) is 3.96. The van der Waals surface area contributed by atoms with E-state index in [1.165, 1.54) is 0 Å². The van der Waals surface area contributed by atoms with E-state index < -0.39 is 0 Å². The van der Waals surface area contributed by atoms with E-state index in [9.17, 15) is 0 Å². The zero-order valence-corrected chi connectivity index (χ0v) is 13.9. The van der Waals surface area contributed by atoms with Crippen LogP contribution in [0.2, 0.25) is 5.02 Å². The molecule has 0 aliphatic heterocycles. The molecule has 2 rings (SSSR count). The van der Waals surface area contributed by atoms with Gasteiger partial charge < -0.3 is 19.8 Å². The third-order valence-electron chi connectivity index (χ3n) is 2.94. The van der Waals surface area contributed by atoms with Crippen molar-refractivity contribution in [1.29, 1.82) is 0 Å². The SMILES string of the molecule is CCOc1cc(CNCc2ncc[nH]2)c(Cl)cc1OC(C)C. The Bertz CT molecular complexity index is 585. The van der Waals surface area contributed by atoms with E-state index in [1.54, 1.807) is 12.4 Å². The van der Waals surface area contributed by atoms with Gasteiger partial charge in [0.1, 0.15) is 5.82 Å². The Morgan fingerprint density at radius 2 is 2.09 bits per heavy atom. The van der Waals surface area contributed by atoms with Crippen LogP contribution in [-0.2, 0) is 13.1 Å². The lowest BCUT2D eigenvalue weighted by atomic mass is 10.2. The van der Waals surface area contributed by atoms with E-state index in [0.717, 1.165) is 17.1 Å². The minimum Gasteiger partial charge on any atom is -0.490 e. The predicted molar refractivity (Wildman–Crippen MR) is 87.5 cm³/mol. The first-order valence-corrected chi connectivity index (χ1v) is 7.78. The van der Waals surface area contributed by atoms with Gasteiger partial charge in [-0.2, -0.15) is 0 Å². The zero-order chi connectivity index (χ0) is 15.9. The molecule has 0 aliphatic carbocycles. The van der Waals surface area contributed by atoms with Gasteiger partial charge in [0.05, 0.1) is 19.3 Å². The fraction of sp³-hybridized carbons (Fsp3) is 0.438. The highest BCUT2D eigenvalue weighted by atomic mass is 35.5. The maximum absolute atomic E-state index is 6.35. The minimum atomic E-state index is 0.0678. The summed E-state index contributed by atoms with van der Waals surface area (Å²) < 4.78 is 11.4. The van der Waals surface area contributed by atoms with Crippen molar-refractivity contribution in [2.75, 3.05) is 6.61 Å². The Morgan fingerprint density at radius 3 is 2.73 bits per heavy atom. The lowest BCUT2D eigenvalue weighted by Gasteiger charge is -2.17. The molecule has 0 aliphatic rings. The summed E-state index contributed by atoms with van der Waals surface area (Å²) in [7, 11) is 0. The molecule has 5 nitrogen and oxygen atoms in total. The summed E-state index contributed by atoms with van der Waals surface area (Å²) in [6.07, 6.45) is 3.60. The lowest BCUT2D eigenvalue weighted by Crippen LogP contribution is -2.14. The Hall–Kier alpha value is -1.72. The first kappa shape index (κ1) is 16.6. The van der Waals surface area contributed by atoms with Crippen molar-refractivity contribution in [3.8, 4) is 11.5 Å². The number of H-pyrrole nitrogens is 1. The molecule has 0 amide bonds. The van der Waals surface area contributed by atoms with Crippen LogP contribution in [0.15, 0.2) is 24.5 Å². The van der Waals surface area contributed by atoms with E-state index in [0.29, 0.717) is 30.5 Å². The van der Waals surface area contributed by atoms with Crippen molar-refractivity contribution in [3.05, 3.63) is 40.9 Å². The number of hydrogen-bond acceptors (Lipinski definition) is 4. The second-order valence-corrected chi connectivity index (χ2v) is 5.54. The van der Waals surface area contributed by atoms with Crippen LogP contribution in [0.3, 0.4) is 0 Å². The van der Waals surface area contributed by atoms with Crippen LogP contribution in [-0.4, -0.2) is 22.7 Å². The Labute approximate surface area is 136 Å². The molecule has 2 N–H and O–H groups in total. The molecule has 1 heterocycles. The van der Waals surface area contributed by atoms with Crippen LogP contribution in [0.1, 0.15) is 32.2 Å². The first-order valence-electron chi connectivity index (χ1n) is 7.41. The number of aromatic amines is 1. The second-order valence-electron chi connectivity index (χ2n) is 5.13. The van der Waals surface area contributed by atoms with Crippen LogP contribution in [0.4, 0.5) is 0 Å². The normalized spacial score (nSPS) is 11.0. The molecule has 120 valence electrons. The van der Waals surface area contributed by atoms with Crippen molar-refractivity contribution in [1.82, 2.24) is 15.3 Å². The van der Waals surface area contributed by atoms with E-state index in [4.69, 9.17) is 21.1 Å². The number of hydrogen-bond donors (Lipinski definition) is 2. The number of ether oxygens (including phenoxy) is 2. The molecule has 0 spiro atoms. The average molecular weight is 324 g/mol. The molecule has 6 heteroatoms. The molecule has 0 fully saturated rings. The maximum atomic E-state index is 6.35. The topological polar surface area (TPSA) is 59.2 Å². The third-order valence-corrected chi connectivity index (χ3v) is 3.29. The second kappa shape index (κ2) is 8.06. The van der Waals surface area contributed by atoms with Gasteiger partial charge in [-0.15, -0.1) is 0 Å². The van der Waals surface area contributed by atoms with Crippen LogP contribution < -0.4 is 14.8 Å². The summed E-state index contributed by atoms with van der Waals surface area (Å²) >= 11 is 6.35. The number of halogens is 1. The first-order chi connectivity index (χ1) is 10.6. The van der Waals surface area contributed by atoms with Crippen molar-refractivity contribution < 1.29 is 9.47 Å². The average Bonchev–Trinajstić information content (AvgIpc) is 2.96. The van der Waals surface area contributed by atoms with Crippen molar-refractivity contribution in [2.24, 2.45) is 0 Å². The minimum absolute atomic E-state index is 0.0678. The van der Waals surface area contributed by atoms with E-state index in [-0.39, 0.29) is 6.10 Å². The van der Waals surface area contributed by atoms with Crippen molar-refractivity contribution >= 4 is 11.6 Å². The van der Waals surface area contributed by atoms with Gasteiger partial charge in [-0.1, -0.05) is 11.6 Å². The van der Waals surface area contributed by atoms with Crippen LogP contribution in [0.25, 0.3) is 0 Å². The number of imidazole rings is 1. The quantitative estimate of drug-likeness (QED) is 0.780. The lowest BCUT2D eigenvalue weighted by molar-refractivity contribution is 0.223. The molecular weight excluding hydrogens is 302 g/mol. The molecule has 0 saturated carbocycles. The highest BCUT2D eigenvalue weighted by molar-refractivity contribution is 6.31. The third kappa shape index (κ3) is 4.64. The summed E-state index contributed by atoms with van der Waals surface area (Å²) in [5.74, 6) is 2.29. The molecule has 0 saturated heterocycles.